The lowest BCUT2D eigenvalue weighted by molar-refractivity contribution is -0.132. The summed E-state index contributed by atoms with van der Waals surface area (Å²) >= 11 is 0. The number of amides is 1. The highest BCUT2D eigenvalue weighted by atomic mass is 16.5. The molecule has 0 spiro atoms. The number of benzene rings is 1. The molecule has 2 aliphatic rings. The van der Waals surface area contributed by atoms with Crippen LogP contribution < -0.4 is 9.64 Å². The molecule has 1 fully saturated rings. The number of methoxy groups -OCH3 is 1. The zero-order valence-electron chi connectivity index (χ0n) is 12.7. The van der Waals surface area contributed by atoms with Crippen LogP contribution in [0.1, 0.15) is 19.7 Å². The molecular formula is C15H17N5O2. The van der Waals surface area contributed by atoms with Gasteiger partial charge in [0.15, 0.2) is 5.82 Å². The maximum absolute atomic E-state index is 12.6. The van der Waals surface area contributed by atoms with Crippen LogP contribution in [0.5, 0.6) is 5.75 Å². The number of rotatable bonds is 2. The minimum absolute atomic E-state index is 0.0261. The molecule has 4 rings (SSSR count). The molecule has 7 nitrogen and oxygen atoms in total. The van der Waals surface area contributed by atoms with E-state index in [1.54, 1.807) is 11.8 Å². The summed E-state index contributed by atoms with van der Waals surface area (Å²) in [7, 11) is 1.62. The van der Waals surface area contributed by atoms with Gasteiger partial charge in [-0.2, -0.15) is 4.68 Å². The lowest BCUT2D eigenvalue weighted by Gasteiger charge is -2.48. The van der Waals surface area contributed by atoms with Crippen LogP contribution in [0, 0.1) is 11.8 Å². The SMILES string of the molecule is COc1ccc2c(c1)-n1nnnc1C[C@@H]1[C@@H](C(C)C)C(=O)N21. The third-order valence-corrected chi connectivity index (χ3v) is 4.58. The zero-order valence-corrected chi connectivity index (χ0v) is 12.7. The summed E-state index contributed by atoms with van der Waals surface area (Å²) in [6.07, 6.45) is 0.665. The zero-order chi connectivity index (χ0) is 15.4. The molecule has 2 atom stereocenters. The quantitative estimate of drug-likeness (QED) is 0.779. The van der Waals surface area contributed by atoms with Crippen LogP contribution in [-0.2, 0) is 11.2 Å². The first-order chi connectivity index (χ1) is 10.6. The summed E-state index contributed by atoms with van der Waals surface area (Å²) in [6, 6.07) is 5.76. The predicted molar refractivity (Wildman–Crippen MR) is 79.0 cm³/mol. The van der Waals surface area contributed by atoms with Gasteiger partial charge in [0.2, 0.25) is 5.91 Å². The Morgan fingerprint density at radius 2 is 2.14 bits per heavy atom. The fourth-order valence-electron chi connectivity index (χ4n) is 3.52. The van der Waals surface area contributed by atoms with Crippen LogP contribution in [-0.4, -0.2) is 39.3 Å². The second-order valence-electron chi connectivity index (χ2n) is 6.11. The van der Waals surface area contributed by atoms with Crippen LogP contribution in [0.3, 0.4) is 0 Å². The predicted octanol–water partition coefficient (Wildman–Crippen LogP) is 1.21. The van der Waals surface area contributed by atoms with E-state index in [2.05, 4.69) is 29.4 Å². The van der Waals surface area contributed by atoms with E-state index in [9.17, 15) is 4.79 Å². The topological polar surface area (TPSA) is 73.1 Å². The van der Waals surface area contributed by atoms with Gasteiger partial charge in [-0.25, -0.2) is 0 Å². The molecule has 7 heteroatoms. The number of hydrogen-bond donors (Lipinski definition) is 0. The maximum Gasteiger partial charge on any atom is 0.232 e. The highest BCUT2D eigenvalue weighted by Crippen LogP contribution is 2.43. The van der Waals surface area contributed by atoms with Crippen LogP contribution in [0.2, 0.25) is 0 Å². The molecule has 1 aromatic carbocycles. The van der Waals surface area contributed by atoms with Gasteiger partial charge < -0.3 is 9.64 Å². The van der Waals surface area contributed by atoms with Gasteiger partial charge >= 0.3 is 0 Å². The number of tetrazole rings is 1. The van der Waals surface area contributed by atoms with Gasteiger partial charge in [0.25, 0.3) is 0 Å². The van der Waals surface area contributed by atoms with Gasteiger partial charge in [-0.1, -0.05) is 13.8 Å². The second kappa shape index (κ2) is 4.53. The Balaban J connectivity index is 1.90. The van der Waals surface area contributed by atoms with Crippen molar-refractivity contribution in [3.05, 3.63) is 24.0 Å². The van der Waals surface area contributed by atoms with Crippen molar-refractivity contribution in [3.8, 4) is 11.4 Å². The van der Waals surface area contributed by atoms with Crippen LogP contribution in [0.15, 0.2) is 18.2 Å². The molecule has 0 unspecified atom stereocenters. The third kappa shape index (κ3) is 1.62. The third-order valence-electron chi connectivity index (χ3n) is 4.58. The maximum atomic E-state index is 12.6. The number of ether oxygens (including phenoxy) is 1. The van der Waals surface area contributed by atoms with Crippen LogP contribution in [0.4, 0.5) is 5.69 Å². The molecule has 1 saturated heterocycles. The number of carbonyl (C=O) groups excluding carboxylic acids is 1. The number of hydrogen-bond acceptors (Lipinski definition) is 5. The molecule has 114 valence electrons. The first-order valence-corrected chi connectivity index (χ1v) is 7.40. The number of aromatic nitrogens is 4. The fraction of sp³-hybridized carbons (Fsp3) is 0.467. The van der Waals surface area contributed by atoms with Gasteiger partial charge in [0.05, 0.1) is 30.4 Å². The van der Waals surface area contributed by atoms with E-state index in [-0.39, 0.29) is 17.9 Å². The first kappa shape index (κ1) is 13.2. The van der Waals surface area contributed by atoms with Gasteiger partial charge in [0.1, 0.15) is 5.75 Å². The lowest BCUT2D eigenvalue weighted by Crippen LogP contribution is -2.63. The number of nitrogens with zero attached hydrogens (tertiary/aromatic N) is 5. The number of β-lactam (4-membered cyclic amide) rings is 1. The number of fused-ring (bicyclic) bond motifs is 5. The summed E-state index contributed by atoms with van der Waals surface area (Å²) in [4.78, 5) is 14.5. The highest BCUT2D eigenvalue weighted by Gasteiger charge is 2.51. The molecular weight excluding hydrogens is 282 g/mol. The Labute approximate surface area is 127 Å². The van der Waals surface area contributed by atoms with E-state index < -0.39 is 0 Å². The second-order valence-corrected chi connectivity index (χ2v) is 6.11. The molecule has 1 amide bonds. The molecule has 0 radical (unpaired) electrons. The molecule has 2 aliphatic heterocycles. The molecule has 0 aliphatic carbocycles. The van der Waals surface area contributed by atoms with Crippen molar-refractivity contribution in [2.45, 2.75) is 26.3 Å². The summed E-state index contributed by atoms with van der Waals surface area (Å²) < 4.78 is 7.00. The number of anilines is 1. The van der Waals surface area contributed by atoms with Crippen molar-refractivity contribution in [3.63, 3.8) is 0 Å². The van der Waals surface area contributed by atoms with Gasteiger partial charge in [0, 0.05) is 12.5 Å². The lowest BCUT2D eigenvalue weighted by atomic mass is 9.77. The van der Waals surface area contributed by atoms with Gasteiger partial charge in [-0.3, -0.25) is 4.79 Å². The summed E-state index contributed by atoms with van der Waals surface area (Å²) in [5.74, 6) is 1.99. The van der Waals surface area contributed by atoms with Crippen molar-refractivity contribution < 1.29 is 9.53 Å². The highest BCUT2D eigenvalue weighted by molar-refractivity contribution is 6.05. The van der Waals surface area contributed by atoms with Crippen LogP contribution >= 0.6 is 0 Å². The molecule has 2 aromatic rings. The van der Waals surface area contributed by atoms with Crippen molar-refractivity contribution >= 4 is 11.6 Å². The van der Waals surface area contributed by atoms with E-state index in [0.717, 1.165) is 17.2 Å². The average molecular weight is 299 g/mol. The molecule has 0 saturated carbocycles. The van der Waals surface area contributed by atoms with Crippen molar-refractivity contribution in [1.82, 2.24) is 20.2 Å². The largest absolute Gasteiger partial charge is 0.497 e. The standard InChI is InChI=1S/C15H17N5O2/c1-8(2)14-12-7-13-16-17-18-20(13)11-6-9(22-3)4-5-10(11)19(12)15(14)21/h4-6,8,12,14H,7H2,1-3H3/t12-,14-/m1/s1. The van der Waals surface area contributed by atoms with Gasteiger partial charge in [-0.05, 0) is 28.5 Å². The smallest absolute Gasteiger partial charge is 0.232 e. The summed E-state index contributed by atoms with van der Waals surface area (Å²) in [5, 5.41) is 12.0. The monoisotopic (exact) mass is 299 g/mol. The van der Waals surface area contributed by atoms with Crippen LogP contribution in [0.25, 0.3) is 5.69 Å². The Bertz CT molecular complexity index is 754. The van der Waals surface area contributed by atoms with Gasteiger partial charge in [-0.15, -0.1) is 5.10 Å². The summed E-state index contributed by atoms with van der Waals surface area (Å²) in [6.45, 7) is 4.17. The van der Waals surface area contributed by atoms with Crippen molar-refractivity contribution in [1.29, 1.82) is 0 Å². The minimum Gasteiger partial charge on any atom is -0.497 e. The number of carbonyl (C=O) groups is 1. The Morgan fingerprint density at radius 1 is 1.32 bits per heavy atom. The van der Waals surface area contributed by atoms with E-state index in [1.807, 2.05) is 23.1 Å². The Hall–Kier alpha value is -2.44. The van der Waals surface area contributed by atoms with E-state index in [1.165, 1.54) is 0 Å². The van der Waals surface area contributed by atoms with Crippen molar-refractivity contribution in [2.75, 3.05) is 12.0 Å². The van der Waals surface area contributed by atoms with Crippen molar-refractivity contribution in [2.24, 2.45) is 11.8 Å². The normalized spacial score (nSPS) is 22.5. The molecule has 0 bridgehead atoms. The Kier molecular flexibility index (Phi) is 2.72. The fourth-order valence-corrected chi connectivity index (χ4v) is 3.52. The molecule has 22 heavy (non-hydrogen) atoms. The van der Waals surface area contributed by atoms with E-state index >= 15 is 0 Å². The minimum atomic E-state index is 0.0261. The average Bonchev–Trinajstić information content (AvgIpc) is 2.91. The summed E-state index contributed by atoms with van der Waals surface area (Å²) in [5.41, 5.74) is 1.64. The molecule has 1 aromatic heterocycles. The first-order valence-electron chi connectivity index (χ1n) is 7.40. The van der Waals surface area contributed by atoms with E-state index in [0.29, 0.717) is 18.1 Å². The Morgan fingerprint density at radius 3 is 2.86 bits per heavy atom. The van der Waals surface area contributed by atoms with E-state index in [4.69, 9.17) is 4.74 Å². The molecule has 0 N–H and O–H groups in total. The molecule has 3 heterocycles.